The zero-order valence-electron chi connectivity index (χ0n) is 9.99. The number of aromatic hydroxyl groups is 1. The number of hydrogen-bond acceptors (Lipinski definition) is 4. The average Bonchev–Trinajstić information content (AvgIpc) is 2.27. The number of halogens is 3. The van der Waals surface area contributed by atoms with Crippen molar-refractivity contribution in [3.63, 3.8) is 0 Å². The molecule has 8 heteroatoms. The number of alkyl halides is 3. The van der Waals surface area contributed by atoms with Crippen LogP contribution in [0.4, 0.5) is 13.2 Å². The molecule has 0 aliphatic carbocycles. The van der Waals surface area contributed by atoms with Crippen LogP contribution in [-0.2, 0) is 4.79 Å². The molecule has 1 amide bonds. The Balaban J connectivity index is 3.15. The lowest BCUT2D eigenvalue weighted by Gasteiger charge is -2.14. The lowest BCUT2D eigenvalue weighted by molar-refractivity contribution is -0.189. The zero-order valence-corrected chi connectivity index (χ0v) is 9.99. The first-order valence-corrected chi connectivity index (χ1v) is 4.96. The van der Waals surface area contributed by atoms with Gasteiger partial charge in [0.05, 0.1) is 5.56 Å². The molecule has 1 aromatic rings. The second-order valence-corrected chi connectivity index (χ2v) is 3.77. The Morgan fingerprint density at radius 2 is 1.84 bits per heavy atom. The Bertz CT molecular complexity index is 511. The number of carbonyl (C=O) groups is 2. The molecule has 0 saturated carbocycles. The Morgan fingerprint density at radius 1 is 1.26 bits per heavy atom. The quantitative estimate of drug-likeness (QED) is 0.658. The van der Waals surface area contributed by atoms with Crippen molar-refractivity contribution >= 4 is 11.9 Å². The zero-order chi connectivity index (χ0) is 14.8. The summed E-state index contributed by atoms with van der Waals surface area (Å²) < 4.78 is 40.4. The molecule has 0 bridgehead atoms. The van der Waals surface area contributed by atoms with Gasteiger partial charge in [0.1, 0.15) is 11.5 Å². The second kappa shape index (κ2) is 5.17. The van der Waals surface area contributed by atoms with Crippen LogP contribution in [0.1, 0.15) is 10.4 Å². The SMILES string of the molecule is CN(C)C(=O)c1ccc(O)cc1OC(=O)C(F)(F)F. The van der Waals surface area contributed by atoms with E-state index in [2.05, 4.69) is 4.74 Å². The van der Waals surface area contributed by atoms with Gasteiger partial charge in [0.15, 0.2) is 0 Å². The van der Waals surface area contributed by atoms with E-state index in [1.165, 1.54) is 14.1 Å². The summed E-state index contributed by atoms with van der Waals surface area (Å²) >= 11 is 0. The number of hydrogen-bond donors (Lipinski definition) is 1. The molecule has 0 aliphatic rings. The summed E-state index contributed by atoms with van der Waals surface area (Å²) in [4.78, 5) is 23.5. The van der Waals surface area contributed by atoms with Gasteiger partial charge in [-0.2, -0.15) is 13.2 Å². The van der Waals surface area contributed by atoms with Crippen molar-refractivity contribution in [3.8, 4) is 11.5 Å². The van der Waals surface area contributed by atoms with Crippen LogP contribution in [0.25, 0.3) is 0 Å². The van der Waals surface area contributed by atoms with Crippen molar-refractivity contribution in [1.29, 1.82) is 0 Å². The van der Waals surface area contributed by atoms with Crippen molar-refractivity contribution in [1.82, 2.24) is 4.90 Å². The number of esters is 1. The molecule has 19 heavy (non-hydrogen) atoms. The number of ether oxygens (including phenoxy) is 1. The number of carbonyl (C=O) groups excluding carboxylic acids is 2. The van der Waals surface area contributed by atoms with E-state index in [-0.39, 0.29) is 5.56 Å². The molecule has 5 nitrogen and oxygen atoms in total. The molecule has 0 saturated heterocycles. The van der Waals surface area contributed by atoms with E-state index in [1.807, 2.05) is 0 Å². The molecule has 1 aromatic carbocycles. The molecule has 104 valence electrons. The van der Waals surface area contributed by atoms with Crippen molar-refractivity contribution in [2.45, 2.75) is 6.18 Å². The Morgan fingerprint density at radius 3 is 2.32 bits per heavy atom. The summed E-state index contributed by atoms with van der Waals surface area (Å²) in [5, 5.41) is 9.18. The van der Waals surface area contributed by atoms with Crippen molar-refractivity contribution < 1.29 is 32.6 Å². The Kier molecular flexibility index (Phi) is 4.03. The fourth-order valence-electron chi connectivity index (χ4n) is 1.17. The van der Waals surface area contributed by atoms with Gasteiger partial charge in [0, 0.05) is 20.2 Å². The van der Waals surface area contributed by atoms with Gasteiger partial charge in [-0.1, -0.05) is 0 Å². The van der Waals surface area contributed by atoms with Crippen LogP contribution < -0.4 is 4.74 Å². The minimum Gasteiger partial charge on any atom is -0.508 e. The third-order valence-corrected chi connectivity index (χ3v) is 2.04. The summed E-state index contributed by atoms with van der Waals surface area (Å²) in [6.45, 7) is 0. The maximum Gasteiger partial charge on any atom is 0.491 e. The predicted octanol–water partition coefficient (Wildman–Crippen LogP) is 1.56. The highest BCUT2D eigenvalue weighted by Crippen LogP contribution is 2.27. The molecule has 0 aromatic heterocycles. The highest BCUT2D eigenvalue weighted by molar-refractivity contribution is 5.97. The Hall–Kier alpha value is -2.25. The van der Waals surface area contributed by atoms with E-state index in [4.69, 9.17) is 0 Å². The van der Waals surface area contributed by atoms with Crippen molar-refractivity contribution in [2.75, 3.05) is 14.1 Å². The lowest BCUT2D eigenvalue weighted by Crippen LogP contribution is -2.29. The van der Waals surface area contributed by atoms with E-state index >= 15 is 0 Å². The minimum atomic E-state index is -5.19. The molecule has 1 rings (SSSR count). The maximum atomic E-state index is 12.1. The van der Waals surface area contributed by atoms with Gasteiger partial charge < -0.3 is 14.7 Å². The number of rotatable bonds is 2. The molecular formula is C11H10F3NO4. The molecule has 0 atom stereocenters. The molecule has 0 radical (unpaired) electrons. The van der Waals surface area contributed by atoms with Crippen LogP contribution in [0.5, 0.6) is 11.5 Å². The number of nitrogens with zero attached hydrogens (tertiary/aromatic N) is 1. The first-order valence-electron chi connectivity index (χ1n) is 4.96. The van der Waals surface area contributed by atoms with Crippen LogP contribution in [0.2, 0.25) is 0 Å². The van der Waals surface area contributed by atoms with Gasteiger partial charge >= 0.3 is 12.1 Å². The normalized spacial score (nSPS) is 11.0. The van der Waals surface area contributed by atoms with E-state index in [0.717, 1.165) is 23.1 Å². The van der Waals surface area contributed by atoms with Gasteiger partial charge in [0.25, 0.3) is 5.91 Å². The van der Waals surface area contributed by atoms with Crippen LogP contribution in [-0.4, -0.2) is 42.2 Å². The summed E-state index contributed by atoms with van der Waals surface area (Å²) in [5.74, 6) is -4.21. The first kappa shape index (κ1) is 14.8. The topological polar surface area (TPSA) is 66.8 Å². The fraction of sp³-hybridized carbons (Fsp3) is 0.273. The smallest absolute Gasteiger partial charge is 0.491 e. The summed E-state index contributed by atoms with van der Waals surface area (Å²) in [6, 6.07) is 2.93. The summed E-state index contributed by atoms with van der Waals surface area (Å²) in [7, 11) is 2.76. The minimum absolute atomic E-state index is 0.264. The molecule has 0 fully saturated rings. The predicted molar refractivity (Wildman–Crippen MR) is 57.8 cm³/mol. The van der Waals surface area contributed by atoms with Crippen molar-refractivity contribution in [3.05, 3.63) is 23.8 Å². The summed E-state index contributed by atoms with van der Waals surface area (Å²) in [5.41, 5.74) is -0.264. The van der Waals surface area contributed by atoms with Crippen LogP contribution in [0.15, 0.2) is 18.2 Å². The van der Waals surface area contributed by atoms with E-state index < -0.39 is 29.6 Å². The molecular weight excluding hydrogens is 267 g/mol. The van der Waals surface area contributed by atoms with Crippen LogP contribution in [0.3, 0.4) is 0 Å². The van der Waals surface area contributed by atoms with Gasteiger partial charge in [-0.25, -0.2) is 4.79 Å². The van der Waals surface area contributed by atoms with Crippen LogP contribution in [0, 0.1) is 0 Å². The van der Waals surface area contributed by atoms with E-state index in [9.17, 15) is 27.9 Å². The lowest BCUT2D eigenvalue weighted by atomic mass is 10.1. The van der Waals surface area contributed by atoms with Crippen molar-refractivity contribution in [2.24, 2.45) is 0 Å². The maximum absolute atomic E-state index is 12.1. The second-order valence-electron chi connectivity index (χ2n) is 3.77. The number of amides is 1. The Labute approximate surface area is 106 Å². The summed E-state index contributed by atoms with van der Waals surface area (Å²) in [6.07, 6.45) is -5.19. The number of benzene rings is 1. The fourth-order valence-corrected chi connectivity index (χ4v) is 1.17. The standard InChI is InChI=1S/C11H10F3NO4/c1-15(2)9(17)7-4-3-6(16)5-8(7)19-10(18)11(12,13)14/h3-5,16H,1-2H3. The third kappa shape index (κ3) is 3.60. The molecule has 0 unspecified atom stereocenters. The van der Waals surface area contributed by atoms with Gasteiger partial charge in [0.2, 0.25) is 0 Å². The largest absolute Gasteiger partial charge is 0.508 e. The highest BCUT2D eigenvalue weighted by Gasteiger charge is 2.42. The van der Waals surface area contributed by atoms with E-state index in [0.29, 0.717) is 0 Å². The monoisotopic (exact) mass is 277 g/mol. The first-order chi connectivity index (χ1) is 8.62. The van der Waals surface area contributed by atoms with Gasteiger partial charge in [-0.3, -0.25) is 4.79 Å². The van der Waals surface area contributed by atoms with Gasteiger partial charge in [-0.05, 0) is 12.1 Å². The van der Waals surface area contributed by atoms with Crippen LogP contribution >= 0.6 is 0 Å². The number of phenols is 1. The van der Waals surface area contributed by atoms with E-state index in [1.54, 1.807) is 0 Å². The third-order valence-electron chi connectivity index (χ3n) is 2.04. The molecule has 1 N–H and O–H groups in total. The van der Waals surface area contributed by atoms with Gasteiger partial charge in [-0.15, -0.1) is 0 Å². The molecule has 0 aliphatic heterocycles. The average molecular weight is 277 g/mol. The number of phenolic OH excluding ortho intramolecular Hbond substituents is 1. The molecule has 0 spiro atoms. The highest BCUT2D eigenvalue weighted by atomic mass is 19.4. The molecule has 0 heterocycles.